The lowest BCUT2D eigenvalue weighted by Crippen LogP contribution is -2.37. The van der Waals surface area contributed by atoms with E-state index in [0.717, 1.165) is 0 Å². The van der Waals surface area contributed by atoms with Gasteiger partial charge in [0.2, 0.25) is 5.22 Å². The Balaban J connectivity index is 2.64. The Bertz CT molecular complexity index is 298. The van der Waals surface area contributed by atoms with Crippen molar-refractivity contribution in [1.29, 1.82) is 0 Å². The largest absolute Gasteiger partial charge is 0.452 e. The van der Waals surface area contributed by atoms with Gasteiger partial charge in [-0.05, 0) is 24.6 Å². The van der Waals surface area contributed by atoms with Gasteiger partial charge in [-0.25, -0.2) is 0 Å². The summed E-state index contributed by atoms with van der Waals surface area (Å²) in [7, 11) is 0. The minimum absolute atomic E-state index is 0.0709. The van der Waals surface area contributed by atoms with Gasteiger partial charge >= 0.3 is 0 Å². The van der Waals surface area contributed by atoms with Gasteiger partial charge in [-0.1, -0.05) is 0 Å². The van der Waals surface area contributed by atoms with Crippen LogP contribution in [0.3, 0.4) is 0 Å². The quantitative estimate of drug-likeness (QED) is 0.769. The second-order valence-electron chi connectivity index (χ2n) is 2.72. The number of halogens is 1. The zero-order valence-electron chi connectivity index (χ0n) is 7.21. The molecular weight excluding hydrogens is 192 g/mol. The second-order valence-corrected chi connectivity index (χ2v) is 3.06. The molecule has 0 aliphatic heterocycles. The van der Waals surface area contributed by atoms with Crippen LogP contribution < -0.4 is 11.1 Å². The normalized spacial score (nSPS) is 12.5. The predicted molar refractivity (Wildman–Crippen MR) is 49.7 cm³/mol. The van der Waals surface area contributed by atoms with E-state index in [-0.39, 0.29) is 17.2 Å². The van der Waals surface area contributed by atoms with Crippen LogP contribution >= 0.6 is 11.6 Å². The SMILES string of the molecule is CC(CN)NC(=O)c1ccoc1Cl. The second kappa shape index (κ2) is 4.30. The van der Waals surface area contributed by atoms with Gasteiger partial charge in [0.05, 0.1) is 11.8 Å². The minimum Gasteiger partial charge on any atom is -0.452 e. The molecule has 0 aromatic carbocycles. The molecular formula is C8H11ClN2O2. The molecule has 0 aliphatic rings. The van der Waals surface area contributed by atoms with Crippen molar-refractivity contribution < 1.29 is 9.21 Å². The maximum Gasteiger partial charge on any atom is 0.256 e. The van der Waals surface area contributed by atoms with Crippen LogP contribution in [0.4, 0.5) is 0 Å². The number of rotatable bonds is 3. The molecule has 1 rings (SSSR count). The maximum absolute atomic E-state index is 11.4. The van der Waals surface area contributed by atoms with E-state index in [9.17, 15) is 4.79 Å². The van der Waals surface area contributed by atoms with Crippen molar-refractivity contribution in [3.8, 4) is 0 Å². The third kappa shape index (κ3) is 2.47. The van der Waals surface area contributed by atoms with E-state index in [1.54, 1.807) is 0 Å². The lowest BCUT2D eigenvalue weighted by molar-refractivity contribution is 0.0941. The zero-order chi connectivity index (χ0) is 9.84. The first-order chi connectivity index (χ1) is 6.15. The van der Waals surface area contributed by atoms with Gasteiger partial charge in [0.25, 0.3) is 5.91 Å². The van der Waals surface area contributed by atoms with Crippen LogP contribution in [0.5, 0.6) is 0 Å². The fourth-order valence-corrected chi connectivity index (χ4v) is 1.02. The molecule has 0 radical (unpaired) electrons. The zero-order valence-corrected chi connectivity index (χ0v) is 7.97. The Kier molecular flexibility index (Phi) is 3.33. The molecule has 1 amide bonds. The van der Waals surface area contributed by atoms with E-state index in [4.69, 9.17) is 21.8 Å². The Labute approximate surface area is 81.0 Å². The molecule has 0 aliphatic carbocycles. The van der Waals surface area contributed by atoms with Crippen LogP contribution in [-0.2, 0) is 0 Å². The smallest absolute Gasteiger partial charge is 0.256 e. The van der Waals surface area contributed by atoms with Crippen LogP contribution in [0, 0.1) is 0 Å². The Morgan fingerprint density at radius 2 is 2.54 bits per heavy atom. The number of carbonyl (C=O) groups excluding carboxylic acids is 1. The summed E-state index contributed by atoms with van der Waals surface area (Å²) in [4.78, 5) is 11.4. The molecule has 0 fully saturated rings. The summed E-state index contributed by atoms with van der Waals surface area (Å²) in [6.07, 6.45) is 1.37. The van der Waals surface area contributed by atoms with Crippen molar-refractivity contribution >= 4 is 17.5 Å². The maximum atomic E-state index is 11.4. The lowest BCUT2D eigenvalue weighted by Gasteiger charge is -2.09. The number of nitrogens with one attached hydrogen (secondary N) is 1. The van der Waals surface area contributed by atoms with Gasteiger partial charge in [-0.15, -0.1) is 0 Å². The Hall–Kier alpha value is -1.00. The highest BCUT2D eigenvalue weighted by molar-refractivity contribution is 6.32. The molecule has 0 bridgehead atoms. The van der Waals surface area contributed by atoms with Crippen LogP contribution in [0.2, 0.25) is 5.22 Å². The molecule has 1 heterocycles. The van der Waals surface area contributed by atoms with Crippen molar-refractivity contribution in [3.63, 3.8) is 0 Å². The first-order valence-corrected chi connectivity index (χ1v) is 4.27. The van der Waals surface area contributed by atoms with Gasteiger partial charge in [-0.2, -0.15) is 0 Å². The molecule has 1 aromatic heterocycles. The summed E-state index contributed by atoms with van der Waals surface area (Å²) >= 11 is 5.60. The minimum atomic E-state index is -0.267. The summed E-state index contributed by atoms with van der Waals surface area (Å²) in [5.74, 6) is -0.267. The van der Waals surface area contributed by atoms with Crippen molar-refractivity contribution in [2.45, 2.75) is 13.0 Å². The highest BCUT2D eigenvalue weighted by Crippen LogP contribution is 2.16. The van der Waals surface area contributed by atoms with Gasteiger partial charge in [0, 0.05) is 12.6 Å². The molecule has 0 saturated heterocycles. The van der Waals surface area contributed by atoms with Crippen molar-refractivity contribution in [1.82, 2.24) is 5.32 Å². The molecule has 1 aromatic rings. The number of nitrogens with two attached hydrogens (primary N) is 1. The monoisotopic (exact) mass is 202 g/mol. The van der Waals surface area contributed by atoms with E-state index in [1.807, 2.05) is 6.92 Å². The van der Waals surface area contributed by atoms with E-state index in [0.29, 0.717) is 12.1 Å². The van der Waals surface area contributed by atoms with Crippen molar-refractivity contribution in [3.05, 3.63) is 23.1 Å². The number of hydrogen-bond donors (Lipinski definition) is 2. The molecule has 3 N–H and O–H groups in total. The lowest BCUT2D eigenvalue weighted by atomic mass is 10.3. The van der Waals surface area contributed by atoms with Crippen LogP contribution in [-0.4, -0.2) is 18.5 Å². The third-order valence-corrected chi connectivity index (χ3v) is 1.89. The van der Waals surface area contributed by atoms with Gasteiger partial charge in [0.1, 0.15) is 0 Å². The average Bonchev–Trinajstić information content (AvgIpc) is 2.51. The van der Waals surface area contributed by atoms with Crippen LogP contribution in [0.15, 0.2) is 16.7 Å². The van der Waals surface area contributed by atoms with Crippen LogP contribution in [0.25, 0.3) is 0 Å². The topological polar surface area (TPSA) is 68.3 Å². The first-order valence-electron chi connectivity index (χ1n) is 3.89. The fourth-order valence-electron chi connectivity index (χ4n) is 0.816. The molecule has 0 spiro atoms. The van der Waals surface area contributed by atoms with Gasteiger partial charge < -0.3 is 15.5 Å². The van der Waals surface area contributed by atoms with Crippen molar-refractivity contribution in [2.24, 2.45) is 5.73 Å². The predicted octanol–water partition coefficient (Wildman–Crippen LogP) is 1.01. The highest BCUT2D eigenvalue weighted by Gasteiger charge is 2.13. The summed E-state index contributed by atoms with van der Waals surface area (Å²) < 4.78 is 4.77. The summed E-state index contributed by atoms with van der Waals surface area (Å²) in [5.41, 5.74) is 5.68. The highest BCUT2D eigenvalue weighted by atomic mass is 35.5. The molecule has 72 valence electrons. The van der Waals surface area contributed by atoms with E-state index >= 15 is 0 Å². The fraction of sp³-hybridized carbons (Fsp3) is 0.375. The van der Waals surface area contributed by atoms with Gasteiger partial charge in [0.15, 0.2) is 0 Å². The standard InChI is InChI=1S/C8H11ClN2O2/c1-5(4-10)11-8(12)6-2-3-13-7(6)9/h2-3,5H,4,10H2,1H3,(H,11,12). The summed E-state index contributed by atoms with van der Waals surface area (Å²) in [5, 5.41) is 2.76. The molecule has 4 nitrogen and oxygen atoms in total. The Morgan fingerprint density at radius 1 is 1.85 bits per heavy atom. The van der Waals surface area contributed by atoms with E-state index in [1.165, 1.54) is 12.3 Å². The summed E-state index contributed by atoms with van der Waals surface area (Å²) in [6.45, 7) is 2.20. The number of furan rings is 1. The van der Waals surface area contributed by atoms with E-state index < -0.39 is 0 Å². The third-order valence-electron chi connectivity index (χ3n) is 1.59. The molecule has 0 saturated carbocycles. The van der Waals surface area contributed by atoms with Crippen LogP contribution in [0.1, 0.15) is 17.3 Å². The van der Waals surface area contributed by atoms with Crippen molar-refractivity contribution in [2.75, 3.05) is 6.54 Å². The number of hydrogen-bond acceptors (Lipinski definition) is 3. The number of amides is 1. The molecule has 1 atom stereocenters. The van der Waals surface area contributed by atoms with Gasteiger partial charge in [-0.3, -0.25) is 4.79 Å². The molecule has 13 heavy (non-hydrogen) atoms. The Morgan fingerprint density at radius 3 is 3.00 bits per heavy atom. The first kappa shape index (κ1) is 10.1. The van der Waals surface area contributed by atoms with E-state index in [2.05, 4.69) is 5.32 Å². The molecule has 5 heteroatoms. The summed E-state index contributed by atoms with van der Waals surface area (Å²) in [6, 6.07) is 1.44. The number of carbonyl (C=O) groups is 1. The average molecular weight is 203 g/mol. The molecule has 1 unspecified atom stereocenters.